The van der Waals surface area contributed by atoms with Crippen LogP contribution >= 0.6 is 11.8 Å². The number of hydrogen-bond donors (Lipinski definition) is 1. The second kappa shape index (κ2) is 10.7. The molecule has 1 unspecified atom stereocenters. The Morgan fingerprint density at radius 1 is 1.20 bits per heavy atom. The van der Waals surface area contributed by atoms with Crippen LogP contribution in [0.1, 0.15) is 12.6 Å². The van der Waals surface area contributed by atoms with Gasteiger partial charge in [0.15, 0.2) is 5.82 Å². The molecule has 188 valence electrons. The number of carbonyl (C=O) groups is 1. The van der Waals surface area contributed by atoms with Crippen molar-refractivity contribution < 1.29 is 19.4 Å². The van der Waals surface area contributed by atoms with Crippen molar-refractivity contribution in [1.82, 2.24) is 24.8 Å². The molecule has 5 rings (SSSR count). The Hall–Kier alpha value is -2.47. The van der Waals surface area contributed by atoms with Gasteiger partial charge in [0, 0.05) is 75.3 Å². The second-order valence-corrected chi connectivity index (χ2v) is 10.4. The Morgan fingerprint density at radius 3 is 2.63 bits per heavy atom. The van der Waals surface area contributed by atoms with Crippen LogP contribution in [0.5, 0.6) is 5.88 Å². The number of nitrogens with zero attached hydrogens (tertiary/aromatic N) is 6. The summed E-state index contributed by atoms with van der Waals surface area (Å²) >= 11 is 1.87. The van der Waals surface area contributed by atoms with Gasteiger partial charge in [-0.15, -0.1) is 11.8 Å². The maximum absolute atomic E-state index is 12.1. The summed E-state index contributed by atoms with van der Waals surface area (Å²) in [7, 11) is 1.60. The van der Waals surface area contributed by atoms with Gasteiger partial charge in [-0.2, -0.15) is 0 Å². The molecule has 0 aromatic carbocycles. The zero-order valence-electron chi connectivity index (χ0n) is 20.2. The number of methoxy groups -OCH3 is 1. The zero-order valence-corrected chi connectivity index (χ0v) is 21.0. The number of ether oxygens (including phenoxy) is 2. The highest BCUT2D eigenvalue weighted by atomic mass is 32.2. The molecule has 0 spiro atoms. The highest BCUT2D eigenvalue weighted by molar-refractivity contribution is 8.00. The van der Waals surface area contributed by atoms with E-state index in [4.69, 9.17) is 19.4 Å². The summed E-state index contributed by atoms with van der Waals surface area (Å²) in [4.78, 5) is 34.0. The lowest BCUT2D eigenvalue weighted by Crippen LogP contribution is -2.52. The molecule has 1 N–H and O–H groups in total. The number of pyridine rings is 1. The first kappa shape index (κ1) is 24.2. The molecular formula is C24H32N6O4S. The van der Waals surface area contributed by atoms with Crippen molar-refractivity contribution in [3.63, 3.8) is 0 Å². The van der Waals surface area contributed by atoms with Crippen LogP contribution in [0.25, 0.3) is 11.4 Å². The van der Waals surface area contributed by atoms with Gasteiger partial charge in [0.2, 0.25) is 5.88 Å². The highest BCUT2D eigenvalue weighted by Crippen LogP contribution is 2.43. The molecule has 11 heteroatoms. The van der Waals surface area contributed by atoms with Crippen LogP contribution in [0.2, 0.25) is 0 Å². The Morgan fingerprint density at radius 2 is 1.97 bits per heavy atom. The number of morpholine rings is 1. The predicted molar refractivity (Wildman–Crippen MR) is 133 cm³/mol. The van der Waals surface area contributed by atoms with Crippen LogP contribution in [-0.4, -0.2) is 113 Å². The van der Waals surface area contributed by atoms with E-state index in [1.807, 2.05) is 23.9 Å². The van der Waals surface area contributed by atoms with Crippen molar-refractivity contribution >= 4 is 23.5 Å². The first-order valence-electron chi connectivity index (χ1n) is 12.1. The maximum atomic E-state index is 12.1. The third-order valence-electron chi connectivity index (χ3n) is 6.64. The van der Waals surface area contributed by atoms with Gasteiger partial charge in [-0.3, -0.25) is 9.69 Å². The number of aliphatic hydroxyl groups is 1. The van der Waals surface area contributed by atoms with Gasteiger partial charge in [0.1, 0.15) is 11.9 Å². The number of hydrogen-bond acceptors (Lipinski definition) is 10. The van der Waals surface area contributed by atoms with E-state index in [9.17, 15) is 9.90 Å². The van der Waals surface area contributed by atoms with Crippen LogP contribution in [0.15, 0.2) is 23.2 Å². The molecule has 2 saturated heterocycles. The molecule has 1 amide bonds. The number of rotatable bonds is 6. The molecule has 0 radical (unpaired) electrons. The topological polar surface area (TPSA) is 104 Å². The average molecular weight is 501 g/mol. The molecule has 3 aliphatic heterocycles. The van der Waals surface area contributed by atoms with Gasteiger partial charge in [-0.25, -0.2) is 15.0 Å². The molecule has 0 aliphatic carbocycles. The number of fused-ring (bicyclic) bond motifs is 1. The minimum atomic E-state index is -0.936. The quantitative estimate of drug-likeness (QED) is 0.616. The van der Waals surface area contributed by atoms with E-state index in [1.54, 1.807) is 18.2 Å². The molecule has 35 heavy (non-hydrogen) atoms. The Balaban J connectivity index is 1.32. The minimum Gasteiger partial charge on any atom is -0.481 e. The summed E-state index contributed by atoms with van der Waals surface area (Å²) in [5.41, 5.74) is 1.96. The molecule has 10 nitrogen and oxygen atoms in total. The number of aromatic nitrogens is 3. The molecule has 3 aliphatic rings. The van der Waals surface area contributed by atoms with Crippen LogP contribution in [0.4, 0.5) is 5.82 Å². The van der Waals surface area contributed by atoms with Crippen molar-refractivity contribution in [3.8, 4) is 17.3 Å². The summed E-state index contributed by atoms with van der Waals surface area (Å²) in [6.07, 6.45) is 1.70. The van der Waals surface area contributed by atoms with Crippen LogP contribution in [-0.2, 0) is 16.0 Å². The largest absolute Gasteiger partial charge is 0.481 e. The monoisotopic (exact) mass is 500 g/mol. The normalized spacial score (nSPS) is 21.6. The van der Waals surface area contributed by atoms with Crippen molar-refractivity contribution in [1.29, 1.82) is 0 Å². The van der Waals surface area contributed by atoms with E-state index in [-0.39, 0.29) is 5.91 Å². The van der Waals surface area contributed by atoms with E-state index in [0.29, 0.717) is 43.3 Å². The molecular weight excluding hydrogens is 468 g/mol. The van der Waals surface area contributed by atoms with Gasteiger partial charge >= 0.3 is 0 Å². The molecule has 0 bridgehead atoms. The lowest BCUT2D eigenvalue weighted by Gasteiger charge is -2.36. The van der Waals surface area contributed by atoms with Crippen molar-refractivity contribution in [2.45, 2.75) is 29.6 Å². The first-order valence-corrected chi connectivity index (χ1v) is 13.0. The molecule has 2 atom stereocenters. The average Bonchev–Trinajstić information content (AvgIpc) is 3.31. The van der Waals surface area contributed by atoms with Gasteiger partial charge in [0.05, 0.1) is 30.9 Å². The molecule has 0 saturated carbocycles. The summed E-state index contributed by atoms with van der Waals surface area (Å²) < 4.78 is 10.8. The zero-order chi connectivity index (χ0) is 24.4. The summed E-state index contributed by atoms with van der Waals surface area (Å²) in [5.74, 6) is 2.06. The lowest BCUT2D eigenvalue weighted by molar-refractivity contribution is -0.141. The Labute approximate surface area is 209 Å². The van der Waals surface area contributed by atoms with Gasteiger partial charge in [-0.1, -0.05) is 0 Å². The number of carbonyl (C=O) groups excluding carboxylic acids is 1. The van der Waals surface area contributed by atoms with E-state index in [0.717, 1.165) is 56.2 Å². The van der Waals surface area contributed by atoms with Gasteiger partial charge in [0.25, 0.3) is 5.91 Å². The molecule has 2 aromatic heterocycles. The van der Waals surface area contributed by atoms with Crippen molar-refractivity contribution in [2.75, 3.05) is 71.0 Å². The number of thioether (sulfide) groups is 1. The molecule has 5 heterocycles. The van der Waals surface area contributed by atoms with Crippen LogP contribution < -0.4 is 9.64 Å². The van der Waals surface area contributed by atoms with E-state index >= 15 is 0 Å². The van der Waals surface area contributed by atoms with Gasteiger partial charge < -0.3 is 24.4 Å². The third-order valence-corrected chi connectivity index (χ3v) is 7.94. The summed E-state index contributed by atoms with van der Waals surface area (Å²) in [6.45, 7) is 8.42. The first-order chi connectivity index (χ1) is 17.0. The fourth-order valence-corrected chi connectivity index (χ4v) is 6.13. The van der Waals surface area contributed by atoms with Crippen molar-refractivity contribution in [3.05, 3.63) is 24.0 Å². The fourth-order valence-electron chi connectivity index (χ4n) is 4.72. The third kappa shape index (κ3) is 5.37. The van der Waals surface area contributed by atoms with E-state index in [1.165, 1.54) is 11.8 Å². The fraction of sp³-hybridized carbons (Fsp3) is 0.583. The number of aliphatic hydroxyl groups excluding tert-OH is 1. The number of piperazine rings is 1. The molecule has 2 fully saturated rings. The number of anilines is 1. The van der Waals surface area contributed by atoms with Crippen LogP contribution in [0, 0.1) is 0 Å². The Bertz CT molecular complexity index is 1040. The van der Waals surface area contributed by atoms with E-state index < -0.39 is 6.10 Å². The standard InChI is InChI=1S/C24H32N6O4S/c1-16(31)24(32)30-7-5-28(6-8-30)15-18-13-19-21(35-18)23(29-9-11-34-12-10-29)27-22(26-19)17-3-4-20(33-2)25-14-17/h3-4,14,16,18,31H,5-13,15H2,1-2H3/t16-,18?/m0/s1. The lowest BCUT2D eigenvalue weighted by atomic mass is 10.1. The summed E-state index contributed by atoms with van der Waals surface area (Å²) in [6, 6.07) is 3.78. The van der Waals surface area contributed by atoms with Crippen LogP contribution in [0.3, 0.4) is 0 Å². The smallest absolute Gasteiger partial charge is 0.251 e. The van der Waals surface area contributed by atoms with Gasteiger partial charge in [-0.05, 0) is 13.0 Å². The number of amides is 1. The van der Waals surface area contributed by atoms with E-state index in [2.05, 4.69) is 14.8 Å². The predicted octanol–water partition coefficient (Wildman–Crippen LogP) is 0.926. The minimum absolute atomic E-state index is 0.182. The Kier molecular flexibility index (Phi) is 7.37. The maximum Gasteiger partial charge on any atom is 0.251 e. The highest BCUT2D eigenvalue weighted by Gasteiger charge is 2.33. The van der Waals surface area contributed by atoms with Crippen molar-refractivity contribution in [2.24, 2.45) is 0 Å². The SMILES string of the molecule is COc1ccc(-c2nc3c(c(N4CCOCC4)n2)SC(CN2CCN(C(=O)[C@H](C)O)CC2)C3)cn1. The summed E-state index contributed by atoms with van der Waals surface area (Å²) in [5, 5.41) is 9.97. The second-order valence-electron chi connectivity index (χ2n) is 9.08. The molecule has 2 aromatic rings.